The average molecular weight is 582 g/mol. The Labute approximate surface area is 237 Å². The van der Waals surface area contributed by atoms with Gasteiger partial charge in [-0.05, 0) is 31.0 Å². The number of sulfonamides is 1. The second-order valence-electron chi connectivity index (χ2n) is 9.92. The molecule has 1 unspecified atom stereocenters. The van der Waals surface area contributed by atoms with E-state index in [0.717, 1.165) is 11.1 Å². The standard InChI is InChI=1S/C28H31N5O7S/c1-18-25(27(34)35)26(19-9-5-10-20(17-19)33(37)38)32(28(36)29-18)16-8-15-31(4)41(39,40)24-14-7-11-21-22(24)12-6-13-23(21)30(2)3/h5-7,9-14,17,26H,8,15-16H2,1-4H3,(H,29,36)(H,34,35). The lowest BCUT2D eigenvalue weighted by Gasteiger charge is -2.37. The topological polar surface area (TPSA) is 153 Å². The Kier molecular flexibility index (Phi) is 8.31. The van der Waals surface area contributed by atoms with E-state index in [9.17, 15) is 33.2 Å². The molecule has 0 fully saturated rings. The number of aliphatic carboxylic acids is 1. The van der Waals surface area contributed by atoms with Crippen LogP contribution < -0.4 is 10.2 Å². The number of nitrogens with zero attached hydrogens (tertiary/aromatic N) is 4. The van der Waals surface area contributed by atoms with Gasteiger partial charge in [-0.1, -0.05) is 36.4 Å². The van der Waals surface area contributed by atoms with E-state index in [0.29, 0.717) is 5.39 Å². The van der Waals surface area contributed by atoms with Crippen molar-refractivity contribution < 1.29 is 28.0 Å². The Morgan fingerprint density at radius 3 is 2.39 bits per heavy atom. The van der Waals surface area contributed by atoms with Gasteiger partial charge >= 0.3 is 12.0 Å². The number of carboxylic acids is 1. The fraction of sp³-hybridized carbons (Fsp3) is 0.286. The number of hydrogen-bond donors (Lipinski definition) is 2. The molecule has 0 aromatic heterocycles. The van der Waals surface area contributed by atoms with Gasteiger partial charge in [0.15, 0.2) is 0 Å². The molecule has 216 valence electrons. The lowest BCUT2D eigenvalue weighted by atomic mass is 9.93. The van der Waals surface area contributed by atoms with E-state index in [2.05, 4.69) is 5.32 Å². The Morgan fingerprint density at radius 1 is 1.07 bits per heavy atom. The maximum absolute atomic E-state index is 13.6. The van der Waals surface area contributed by atoms with Crippen LogP contribution in [0.4, 0.5) is 16.2 Å². The SMILES string of the molecule is CC1=C(C(=O)O)C(c2cccc([N+](=O)[O-])c2)N(CCCN(C)S(=O)(=O)c2cccc3c(N(C)C)cccc23)C(=O)N1. The summed E-state index contributed by atoms with van der Waals surface area (Å²) in [6.45, 7) is 1.47. The van der Waals surface area contributed by atoms with Crippen LogP contribution in [0.1, 0.15) is 24.9 Å². The third-order valence-electron chi connectivity index (χ3n) is 7.07. The zero-order valence-corrected chi connectivity index (χ0v) is 23.9. The lowest BCUT2D eigenvalue weighted by molar-refractivity contribution is -0.384. The molecule has 13 heteroatoms. The highest BCUT2D eigenvalue weighted by Gasteiger charge is 2.38. The summed E-state index contributed by atoms with van der Waals surface area (Å²) in [6.07, 6.45) is 0.175. The summed E-state index contributed by atoms with van der Waals surface area (Å²) in [5.74, 6) is -1.28. The van der Waals surface area contributed by atoms with Gasteiger partial charge < -0.3 is 20.2 Å². The van der Waals surface area contributed by atoms with Crippen LogP contribution in [0.25, 0.3) is 10.8 Å². The van der Waals surface area contributed by atoms with Gasteiger partial charge in [-0.3, -0.25) is 10.1 Å². The summed E-state index contributed by atoms with van der Waals surface area (Å²) in [5.41, 5.74) is 0.901. The van der Waals surface area contributed by atoms with Gasteiger partial charge in [-0.2, -0.15) is 0 Å². The summed E-state index contributed by atoms with van der Waals surface area (Å²) in [5, 5.41) is 25.2. The first-order valence-electron chi connectivity index (χ1n) is 12.8. The molecule has 1 aliphatic rings. The van der Waals surface area contributed by atoms with Crippen molar-refractivity contribution in [1.82, 2.24) is 14.5 Å². The van der Waals surface area contributed by atoms with Gasteiger partial charge in [-0.15, -0.1) is 0 Å². The molecule has 2 N–H and O–H groups in total. The number of nitrogens with one attached hydrogen (secondary N) is 1. The number of hydrogen-bond acceptors (Lipinski definition) is 7. The Balaban J connectivity index is 1.60. The summed E-state index contributed by atoms with van der Waals surface area (Å²) < 4.78 is 28.4. The van der Waals surface area contributed by atoms with E-state index in [1.165, 1.54) is 47.4 Å². The van der Waals surface area contributed by atoms with Crippen LogP contribution in [0.3, 0.4) is 0 Å². The largest absolute Gasteiger partial charge is 0.478 e. The zero-order valence-electron chi connectivity index (χ0n) is 23.1. The van der Waals surface area contributed by atoms with Crippen molar-refractivity contribution in [2.75, 3.05) is 39.1 Å². The molecule has 1 heterocycles. The molecule has 0 aliphatic carbocycles. The minimum Gasteiger partial charge on any atom is -0.478 e. The van der Waals surface area contributed by atoms with Crippen molar-refractivity contribution in [3.05, 3.63) is 87.6 Å². The zero-order chi connectivity index (χ0) is 30.1. The number of amides is 2. The number of nitro groups is 1. The van der Waals surface area contributed by atoms with Gasteiger partial charge in [0.25, 0.3) is 5.69 Å². The van der Waals surface area contributed by atoms with Crippen LogP contribution in [-0.4, -0.2) is 73.9 Å². The fourth-order valence-corrected chi connectivity index (χ4v) is 6.48. The first-order chi connectivity index (χ1) is 19.3. The first kappa shape index (κ1) is 29.5. The number of non-ortho nitro benzene ring substituents is 1. The summed E-state index contributed by atoms with van der Waals surface area (Å²) in [4.78, 5) is 39.3. The molecule has 0 spiro atoms. The monoisotopic (exact) mass is 581 g/mol. The van der Waals surface area contributed by atoms with Gasteiger partial charge in [0.05, 0.1) is 21.4 Å². The van der Waals surface area contributed by atoms with Crippen molar-refractivity contribution in [1.29, 1.82) is 0 Å². The normalized spacial score (nSPS) is 15.8. The van der Waals surface area contributed by atoms with E-state index in [-0.39, 0.29) is 46.9 Å². The molecule has 2 amide bonds. The van der Waals surface area contributed by atoms with Crippen molar-refractivity contribution in [2.45, 2.75) is 24.3 Å². The number of allylic oxidation sites excluding steroid dienone is 1. The molecule has 3 aromatic rings. The molecule has 4 rings (SSSR count). The van der Waals surface area contributed by atoms with Crippen LogP contribution >= 0.6 is 0 Å². The van der Waals surface area contributed by atoms with E-state index >= 15 is 0 Å². The smallest absolute Gasteiger partial charge is 0.335 e. The summed E-state index contributed by atoms with van der Waals surface area (Å²) in [7, 11) is 1.29. The second kappa shape index (κ2) is 11.6. The predicted octanol–water partition coefficient (Wildman–Crippen LogP) is 3.95. The molecule has 1 atom stereocenters. The van der Waals surface area contributed by atoms with Crippen LogP contribution in [0, 0.1) is 10.1 Å². The molecule has 1 aliphatic heterocycles. The van der Waals surface area contributed by atoms with Crippen LogP contribution in [0.2, 0.25) is 0 Å². The summed E-state index contributed by atoms with van der Waals surface area (Å²) in [6, 6.07) is 14.4. The number of nitro benzene ring substituents is 1. The minimum absolute atomic E-state index is 0.0105. The average Bonchev–Trinajstić information content (AvgIpc) is 2.92. The molecule has 0 bridgehead atoms. The molecular formula is C28H31N5O7S. The molecule has 41 heavy (non-hydrogen) atoms. The first-order valence-corrected chi connectivity index (χ1v) is 14.2. The van der Waals surface area contributed by atoms with Crippen molar-refractivity contribution >= 4 is 44.2 Å². The number of rotatable bonds is 10. The molecule has 12 nitrogen and oxygen atoms in total. The number of carbonyl (C=O) groups is 2. The Hall–Kier alpha value is -4.49. The van der Waals surface area contributed by atoms with E-state index < -0.39 is 33.0 Å². The number of fused-ring (bicyclic) bond motifs is 1. The third-order valence-corrected chi connectivity index (χ3v) is 8.99. The molecule has 0 radical (unpaired) electrons. The number of benzene rings is 3. The highest BCUT2D eigenvalue weighted by molar-refractivity contribution is 7.89. The maximum Gasteiger partial charge on any atom is 0.335 e. The van der Waals surface area contributed by atoms with Gasteiger partial charge in [0.2, 0.25) is 10.0 Å². The molecule has 0 saturated carbocycles. The number of urea groups is 1. The molecular weight excluding hydrogens is 550 g/mol. The Bertz CT molecular complexity index is 1670. The Morgan fingerprint density at radius 2 is 1.73 bits per heavy atom. The second-order valence-corrected chi connectivity index (χ2v) is 11.9. The van der Waals surface area contributed by atoms with Gasteiger partial charge in [0.1, 0.15) is 0 Å². The van der Waals surface area contributed by atoms with Crippen molar-refractivity contribution in [2.24, 2.45) is 0 Å². The lowest BCUT2D eigenvalue weighted by Crippen LogP contribution is -2.49. The van der Waals surface area contributed by atoms with Gasteiger partial charge in [0, 0.05) is 68.5 Å². The van der Waals surface area contributed by atoms with Crippen LogP contribution in [0.5, 0.6) is 0 Å². The van der Waals surface area contributed by atoms with Crippen molar-refractivity contribution in [3.8, 4) is 0 Å². The highest BCUT2D eigenvalue weighted by Crippen LogP contribution is 2.36. The van der Waals surface area contributed by atoms with E-state index in [1.54, 1.807) is 24.3 Å². The maximum atomic E-state index is 13.6. The van der Waals surface area contributed by atoms with Crippen molar-refractivity contribution in [3.63, 3.8) is 0 Å². The van der Waals surface area contributed by atoms with Crippen LogP contribution in [0.15, 0.2) is 76.8 Å². The van der Waals surface area contributed by atoms with E-state index in [1.807, 2.05) is 31.1 Å². The van der Waals surface area contributed by atoms with Crippen LogP contribution in [-0.2, 0) is 14.8 Å². The quantitative estimate of drug-likeness (QED) is 0.270. The molecule has 0 saturated heterocycles. The summed E-state index contributed by atoms with van der Waals surface area (Å²) >= 11 is 0. The molecule has 3 aromatic carbocycles. The minimum atomic E-state index is -3.92. The predicted molar refractivity (Wildman–Crippen MR) is 154 cm³/mol. The van der Waals surface area contributed by atoms with E-state index in [4.69, 9.17) is 0 Å². The van der Waals surface area contributed by atoms with Gasteiger partial charge in [-0.25, -0.2) is 22.3 Å². The number of carbonyl (C=O) groups excluding carboxylic acids is 1. The third kappa shape index (κ3) is 5.72. The number of carboxylic acid groups (broad SMARTS) is 1. The number of anilines is 1. The highest BCUT2D eigenvalue weighted by atomic mass is 32.2. The fourth-order valence-electron chi connectivity index (χ4n) is 5.07.